The van der Waals surface area contributed by atoms with E-state index in [1.165, 1.54) is 11.1 Å². The van der Waals surface area contributed by atoms with Gasteiger partial charge in [-0.25, -0.2) is 0 Å². The van der Waals surface area contributed by atoms with Crippen molar-refractivity contribution in [1.29, 1.82) is 0 Å². The van der Waals surface area contributed by atoms with Gasteiger partial charge in [-0.05, 0) is 54.7 Å². The highest BCUT2D eigenvalue weighted by molar-refractivity contribution is 5.42. The predicted molar refractivity (Wildman–Crippen MR) is 71.0 cm³/mol. The molecule has 1 heterocycles. The molecule has 2 aromatic carbocycles. The topological polar surface area (TPSA) is 29.5 Å². The fraction of sp³-hybridized carbons (Fsp3) is 0.250. The SMILES string of the molecule is Cc1ccccc1C1CCc2cc(O)ccc2O1. The standard InChI is InChI=1S/C16H16O2/c1-11-4-2-3-5-14(11)16-8-6-12-10-13(17)7-9-15(12)18-16/h2-5,7,9-10,16-17H,6,8H2,1H3. The van der Waals surface area contributed by atoms with E-state index in [0.717, 1.165) is 24.2 Å². The van der Waals surface area contributed by atoms with Gasteiger partial charge in [0.1, 0.15) is 17.6 Å². The maximum atomic E-state index is 9.46. The summed E-state index contributed by atoms with van der Waals surface area (Å²) in [6.45, 7) is 2.12. The normalized spacial score (nSPS) is 17.9. The van der Waals surface area contributed by atoms with Crippen molar-refractivity contribution >= 4 is 0 Å². The highest BCUT2D eigenvalue weighted by Crippen LogP contribution is 2.37. The minimum atomic E-state index is 0.128. The van der Waals surface area contributed by atoms with E-state index in [2.05, 4.69) is 25.1 Å². The van der Waals surface area contributed by atoms with E-state index in [0.29, 0.717) is 5.75 Å². The molecule has 0 radical (unpaired) electrons. The van der Waals surface area contributed by atoms with Crippen molar-refractivity contribution in [3.8, 4) is 11.5 Å². The van der Waals surface area contributed by atoms with Crippen LogP contribution in [0.3, 0.4) is 0 Å². The maximum Gasteiger partial charge on any atom is 0.124 e. The first-order valence-electron chi connectivity index (χ1n) is 6.28. The van der Waals surface area contributed by atoms with Crippen LogP contribution in [0, 0.1) is 6.92 Å². The quantitative estimate of drug-likeness (QED) is 0.822. The summed E-state index contributed by atoms with van der Waals surface area (Å²) in [6, 6.07) is 13.7. The monoisotopic (exact) mass is 240 g/mol. The first-order chi connectivity index (χ1) is 8.74. The second kappa shape index (κ2) is 4.37. The molecule has 0 amide bonds. The Morgan fingerprint density at radius 1 is 1.17 bits per heavy atom. The molecule has 1 unspecified atom stereocenters. The van der Waals surface area contributed by atoms with Crippen molar-refractivity contribution in [2.45, 2.75) is 25.9 Å². The van der Waals surface area contributed by atoms with E-state index in [1.54, 1.807) is 12.1 Å². The van der Waals surface area contributed by atoms with Crippen LogP contribution in [0.15, 0.2) is 42.5 Å². The van der Waals surface area contributed by atoms with Gasteiger partial charge in [0.25, 0.3) is 0 Å². The van der Waals surface area contributed by atoms with Crippen LogP contribution >= 0.6 is 0 Å². The third-order valence-electron chi connectivity index (χ3n) is 3.52. The molecule has 92 valence electrons. The second-order valence-electron chi connectivity index (χ2n) is 4.79. The van der Waals surface area contributed by atoms with Crippen LogP contribution in [0.2, 0.25) is 0 Å². The Labute approximate surface area is 107 Å². The van der Waals surface area contributed by atoms with Gasteiger partial charge in [0.05, 0.1) is 0 Å². The van der Waals surface area contributed by atoms with Crippen molar-refractivity contribution in [2.24, 2.45) is 0 Å². The van der Waals surface area contributed by atoms with Gasteiger partial charge in [-0.2, -0.15) is 0 Å². The van der Waals surface area contributed by atoms with Gasteiger partial charge < -0.3 is 9.84 Å². The highest BCUT2D eigenvalue weighted by Gasteiger charge is 2.22. The van der Waals surface area contributed by atoms with Crippen LogP contribution in [-0.4, -0.2) is 5.11 Å². The second-order valence-corrected chi connectivity index (χ2v) is 4.79. The summed E-state index contributed by atoms with van der Waals surface area (Å²) >= 11 is 0. The van der Waals surface area contributed by atoms with Crippen molar-refractivity contribution in [3.05, 3.63) is 59.2 Å². The number of rotatable bonds is 1. The van der Waals surface area contributed by atoms with Crippen LogP contribution in [0.25, 0.3) is 0 Å². The summed E-state index contributed by atoms with van der Waals surface area (Å²) in [6.07, 6.45) is 2.03. The molecule has 1 aliphatic heterocycles. The number of hydrogen-bond acceptors (Lipinski definition) is 2. The van der Waals surface area contributed by atoms with Crippen LogP contribution in [0.1, 0.15) is 29.2 Å². The van der Waals surface area contributed by atoms with E-state index in [4.69, 9.17) is 4.74 Å². The Kier molecular flexibility index (Phi) is 2.71. The van der Waals surface area contributed by atoms with Crippen molar-refractivity contribution < 1.29 is 9.84 Å². The van der Waals surface area contributed by atoms with Gasteiger partial charge in [-0.3, -0.25) is 0 Å². The third kappa shape index (κ3) is 1.94. The molecule has 1 N–H and O–H groups in total. The molecular formula is C16H16O2. The first kappa shape index (κ1) is 11.1. The molecule has 0 saturated heterocycles. The minimum Gasteiger partial charge on any atom is -0.508 e. The number of fused-ring (bicyclic) bond motifs is 1. The average molecular weight is 240 g/mol. The Bertz CT molecular complexity index is 575. The number of phenolic OH excluding ortho intramolecular Hbond substituents is 1. The highest BCUT2D eigenvalue weighted by atomic mass is 16.5. The molecule has 0 aliphatic carbocycles. The first-order valence-corrected chi connectivity index (χ1v) is 6.28. The van der Waals surface area contributed by atoms with Crippen LogP contribution in [0.5, 0.6) is 11.5 Å². The average Bonchev–Trinajstić information content (AvgIpc) is 2.39. The van der Waals surface area contributed by atoms with Crippen molar-refractivity contribution in [2.75, 3.05) is 0 Å². The molecule has 1 aliphatic rings. The number of aryl methyl sites for hydroxylation is 2. The third-order valence-corrected chi connectivity index (χ3v) is 3.52. The summed E-state index contributed by atoms with van der Waals surface area (Å²) < 4.78 is 6.04. The van der Waals surface area contributed by atoms with E-state index < -0.39 is 0 Å². The molecule has 0 bridgehead atoms. The van der Waals surface area contributed by atoms with Gasteiger partial charge >= 0.3 is 0 Å². The van der Waals surface area contributed by atoms with Crippen LogP contribution in [-0.2, 0) is 6.42 Å². The van der Waals surface area contributed by atoms with Gasteiger partial charge in [0.2, 0.25) is 0 Å². The summed E-state index contributed by atoms with van der Waals surface area (Å²) in [4.78, 5) is 0. The van der Waals surface area contributed by atoms with Gasteiger partial charge in [0, 0.05) is 0 Å². The minimum absolute atomic E-state index is 0.128. The molecule has 2 nitrogen and oxygen atoms in total. The molecule has 0 saturated carbocycles. The molecule has 1 atom stereocenters. The van der Waals surface area contributed by atoms with Crippen molar-refractivity contribution in [3.63, 3.8) is 0 Å². The maximum absolute atomic E-state index is 9.46. The summed E-state index contributed by atoms with van der Waals surface area (Å²) in [7, 11) is 0. The number of phenols is 1. The summed E-state index contributed by atoms with van der Waals surface area (Å²) in [5, 5.41) is 9.46. The predicted octanol–water partition coefficient (Wildman–Crippen LogP) is 3.77. The molecular weight excluding hydrogens is 224 g/mol. The number of aromatic hydroxyl groups is 1. The lowest BCUT2D eigenvalue weighted by Gasteiger charge is -2.27. The van der Waals surface area contributed by atoms with Crippen LogP contribution in [0.4, 0.5) is 0 Å². The molecule has 0 aromatic heterocycles. The molecule has 3 rings (SSSR count). The largest absolute Gasteiger partial charge is 0.508 e. The lowest BCUT2D eigenvalue weighted by atomic mass is 9.95. The molecule has 2 aromatic rings. The van der Waals surface area contributed by atoms with E-state index in [1.807, 2.05) is 12.1 Å². The molecule has 2 heteroatoms. The summed E-state index contributed by atoms with van der Waals surface area (Å²) in [5.74, 6) is 1.21. The Morgan fingerprint density at radius 3 is 2.83 bits per heavy atom. The summed E-state index contributed by atoms with van der Waals surface area (Å²) in [5.41, 5.74) is 3.63. The number of benzene rings is 2. The molecule has 18 heavy (non-hydrogen) atoms. The smallest absolute Gasteiger partial charge is 0.124 e. The number of hydrogen-bond donors (Lipinski definition) is 1. The van der Waals surface area contributed by atoms with Crippen molar-refractivity contribution in [1.82, 2.24) is 0 Å². The number of ether oxygens (including phenoxy) is 1. The van der Waals surface area contributed by atoms with E-state index >= 15 is 0 Å². The van der Waals surface area contributed by atoms with Gasteiger partial charge in [0.15, 0.2) is 0 Å². The fourth-order valence-corrected chi connectivity index (χ4v) is 2.54. The zero-order valence-electron chi connectivity index (χ0n) is 10.4. The molecule has 0 fully saturated rings. The fourth-order valence-electron chi connectivity index (χ4n) is 2.54. The van der Waals surface area contributed by atoms with Gasteiger partial charge in [-0.15, -0.1) is 0 Å². The zero-order chi connectivity index (χ0) is 12.5. The molecule has 0 spiro atoms. The zero-order valence-corrected chi connectivity index (χ0v) is 10.4. The van der Waals surface area contributed by atoms with E-state index in [-0.39, 0.29) is 6.10 Å². The lowest BCUT2D eigenvalue weighted by molar-refractivity contribution is 0.175. The van der Waals surface area contributed by atoms with Gasteiger partial charge in [-0.1, -0.05) is 24.3 Å². The Hall–Kier alpha value is -1.96. The van der Waals surface area contributed by atoms with Crippen LogP contribution < -0.4 is 4.74 Å². The Balaban J connectivity index is 1.92. The van der Waals surface area contributed by atoms with E-state index in [9.17, 15) is 5.11 Å². The lowest BCUT2D eigenvalue weighted by Crippen LogP contribution is -2.15. The Morgan fingerprint density at radius 2 is 2.00 bits per heavy atom.